The van der Waals surface area contributed by atoms with Gasteiger partial charge in [0.05, 0.1) is 10.3 Å². The molecular formula is C15H19NO4S. The third kappa shape index (κ3) is 3.71. The lowest BCUT2D eigenvalue weighted by atomic mass is 10.1. The number of benzene rings is 1. The van der Waals surface area contributed by atoms with Crippen LogP contribution in [0.1, 0.15) is 31.1 Å². The second kappa shape index (κ2) is 6.87. The third-order valence-electron chi connectivity index (χ3n) is 3.37. The third-order valence-corrected chi connectivity index (χ3v) is 4.16. The van der Waals surface area contributed by atoms with Gasteiger partial charge in [-0.25, -0.2) is 4.79 Å². The quantitative estimate of drug-likeness (QED) is 0.736. The fourth-order valence-corrected chi connectivity index (χ4v) is 2.80. The van der Waals surface area contributed by atoms with Crippen LogP contribution in [0.25, 0.3) is 10.3 Å². The number of carbonyl (C=O) groups excluding carboxylic acids is 1. The fraction of sp³-hybridized carbons (Fsp3) is 0.467. The van der Waals surface area contributed by atoms with E-state index in [2.05, 4.69) is 18.7 Å². The van der Waals surface area contributed by atoms with E-state index in [9.17, 15) is 9.59 Å². The zero-order valence-electron chi connectivity index (χ0n) is 12.5. The molecule has 0 aliphatic rings. The molecule has 0 unspecified atom stereocenters. The maximum absolute atomic E-state index is 11.7. The lowest BCUT2D eigenvalue weighted by Gasteiger charge is -2.18. The standard InChI is InChI=1S/C15H19NO4S/c1-4-16(5-2)6-7-19-12-9-14-13(20-15(18)21-14)8-11(12)10(3)17/h8-9H,4-7H2,1-3H3. The lowest BCUT2D eigenvalue weighted by Crippen LogP contribution is -2.28. The highest BCUT2D eigenvalue weighted by Gasteiger charge is 2.14. The van der Waals surface area contributed by atoms with E-state index in [0.717, 1.165) is 31.0 Å². The summed E-state index contributed by atoms with van der Waals surface area (Å²) < 4.78 is 11.5. The topological polar surface area (TPSA) is 59.8 Å². The number of ketones is 1. The number of rotatable bonds is 7. The summed E-state index contributed by atoms with van der Waals surface area (Å²) in [7, 11) is 0. The average molecular weight is 309 g/mol. The van der Waals surface area contributed by atoms with Gasteiger partial charge in [-0.1, -0.05) is 25.2 Å². The summed E-state index contributed by atoms with van der Waals surface area (Å²) in [5.41, 5.74) is 0.884. The Labute approximate surface area is 127 Å². The first-order valence-corrected chi connectivity index (χ1v) is 7.80. The van der Waals surface area contributed by atoms with Crippen LogP contribution >= 0.6 is 11.3 Å². The van der Waals surface area contributed by atoms with Crippen LogP contribution in [0.15, 0.2) is 21.3 Å². The van der Waals surface area contributed by atoms with Crippen molar-refractivity contribution >= 4 is 27.4 Å². The van der Waals surface area contributed by atoms with E-state index in [1.54, 1.807) is 12.1 Å². The predicted octanol–water partition coefficient (Wildman–Crippen LogP) is 2.78. The molecule has 0 bridgehead atoms. The highest BCUT2D eigenvalue weighted by molar-refractivity contribution is 7.16. The SMILES string of the molecule is CCN(CC)CCOc1cc2sc(=O)oc2cc1C(C)=O. The van der Waals surface area contributed by atoms with Crippen molar-refractivity contribution in [1.29, 1.82) is 0 Å². The van der Waals surface area contributed by atoms with Crippen molar-refractivity contribution in [1.82, 2.24) is 4.90 Å². The molecule has 1 heterocycles. The Balaban J connectivity index is 2.22. The molecule has 0 saturated heterocycles. The van der Waals surface area contributed by atoms with Crippen molar-refractivity contribution in [3.63, 3.8) is 0 Å². The van der Waals surface area contributed by atoms with Crippen LogP contribution < -0.4 is 9.68 Å². The van der Waals surface area contributed by atoms with E-state index in [1.165, 1.54) is 6.92 Å². The molecule has 0 fully saturated rings. The minimum Gasteiger partial charge on any atom is -0.491 e. The Kier molecular flexibility index (Phi) is 5.14. The van der Waals surface area contributed by atoms with Gasteiger partial charge in [-0.15, -0.1) is 0 Å². The molecule has 114 valence electrons. The van der Waals surface area contributed by atoms with Gasteiger partial charge in [-0.05, 0) is 26.1 Å². The zero-order valence-corrected chi connectivity index (χ0v) is 13.3. The first-order chi connectivity index (χ1) is 10.0. The van der Waals surface area contributed by atoms with Gasteiger partial charge in [-0.3, -0.25) is 4.79 Å². The Bertz CT molecular complexity index is 685. The summed E-state index contributed by atoms with van der Waals surface area (Å²) in [6.45, 7) is 8.88. The molecule has 0 spiro atoms. The molecule has 0 aliphatic carbocycles. The van der Waals surface area contributed by atoms with Gasteiger partial charge in [0.15, 0.2) is 11.4 Å². The van der Waals surface area contributed by atoms with Crippen molar-refractivity contribution < 1.29 is 13.9 Å². The van der Waals surface area contributed by atoms with Crippen molar-refractivity contribution in [2.75, 3.05) is 26.2 Å². The smallest absolute Gasteiger partial charge is 0.396 e. The van der Waals surface area contributed by atoms with E-state index < -0.39 is 0 Å². The van der Waals surface area contributed by atoms with Crippen molar-refractivity contribution in [2.45, 2.75) is 20.8 Å². The van der Waals surface area contributed by atoms with Gasteiger partial charge in [-0.2, -0.15) is 0 Å². The number of likely N-dealkylation sites (N-methyl/N-ethyl adjacent to an activating group) is 1. The number of nitrogens with zero attached hydrogens (tertiary/aromatic N) is 1. The van der Waals surface area contributed by atoms with Gasteiger partial charge >= 0.3 is 4.94 Å². The summed E-state index contributed by atoms with van der Waals surface area (Å²) in [5, 5.41) is 0. The van der Waals surface area contributed by atoms with Crippen LogP contribution in [-0.2, 0) is 0 Å². The lowest BCUT2D eigenvalue weighted by molar-refractivity contribution is 0.101. The minimum atomic E-state index is -0.375. The first-order valence-electron chi connectivity index (χ1n) is 6.99. The van der Waals surface area contributed by atoms with Crippen molar-refractivity contribution in [3.8, 4) is 5.75 Å². The average Bonchev–Trinajstić information content (AvgIpc) is 2.81. The monoisotopic (exact) mass is 309 g/mol. The molecule has 0 saturated carbocycles. The summed E-state index contributed by atoms with van der Waals surface area (Å²) in [6.07, 6.45) is 0. The van der Waals surface area contributed by atoms with Crippen LogP contribution in [0.3, 0.4) is 0 Å². The Hall–Kier alpha value is -1.66. The normalized spacial score (nSPS) is 11.2. The fourth-order valence-electron chi connectivity index (χ4n) is 2.12. The molecular weight excluding hydrogens is 290 g/mol. The first kappa shape index (κ1) is 15.7. The predicted molar refractivity (Wildman–Crippen MR) is 83.6 cm³/mol. The van der Waals surface area contributed by atoms with E-state index in [-0.39, 0.29) is 10.7 Å². The highest BCUT2D eigenvalue weighted by atomic mass is 32.1. The molecule has 0 N–H and O–H groups in total. The van der Waals surface area contributed by atoms with Crippen molar-refractivity contribution in [3.05, 3.63) is 27.4 Å². The number of hydrogen-bond donors (Lipinski definition) is 0. The van der Waals surface area contributed by atoms with Crippen LogP contribution in [-0.4, -0.2) is 36.9 Å². The molecule has 0 amide bonds. The van der Waals surface area contributed by atoms with Gasteiger partial charge in [0.2, 0.25) is 0 Å². The second-order valence-electron chi connectivity index (χ2n) is 4.68. The van der Waals surface area contributed by atoms with Gasteiger partial charge in [0.25, 0.3) is 0 Å². The van der Waals surface area contributed by atoms with E-state index in [0.29, 0.717) is 28.2 Å². The summed E-state index contributed by atoms with van der Waals surface area (Å²) in [6, 6.07) is 3.30. The number of hydrogen-bond acceptors (Lipinski definition) is 6. The summed E-state index contributed by atoms with van der Waals surface area (Å²) >= 11 is 1.01. The summed E-state index contributed by atoms with van der Waals surface area (Å²) in [4.78, 5) is 24.9. The van der Waals surface area contributed by atoms with Gasteiger partial charge < -0.3 is 14.1 Å². The second-order valence-corrected chi connectivity index (χ2v) is 5.66. The summed E-state index contributed by atoms with van der Waals surface area (Å²) in [5.74, 6) is 0.405. The molecule has 1 aromatic carbocycles. The number of carbonyl (C=O) groups is 1. The molecule has 6 heteroatoms. The molecule has 5 nitrogen and oxygen atoms in total. The zero-order chi connectivity index (χ0) is 15.4. The molecule has 21 heavy (non-hydrogen) atoms. The van der Waals surface area contributed by atoms with Crippen LogP contribution in [0.2, 0.25) is 0 Å². The molecule has 2 rings (SSSR count). The Morgan fingerprint density at radius 2 is 2.05 bits per heavy atom. The number of Topliss-reactive ketones (excluding diaryl/α,β-unsaturated/α-hetero) is 1. The maximum atomic E-state index is 11.7. The van der Waals surface area contributed by atoms with Gasteiger partial charge in [0.1, 0.15) is 12.4 Å². The molecule has 2 aromatic rings. The number of ether oxygens (including phenoxy) is 1. The Morgan fingerprint density at radius 1 is 1.33 bits per heavy atom. The van der Waals surface area contributed by atoms with E-state index >= 15 is 0 Å². The van der Waals surface area contributed by atoms with Crippen molar-refractivity contribution in [2.24, 2.45) is 0 Å². The minimum absolute atomic E-state index is 0.108. The highest BCUT2D eigenvalue weighted by Crippen LogP contribution is 2.28. The maximum Gasteiger partial charge on any atom is 0.396 e. The van der Waals surface area contributed by atoms with Crippen LogP contribution in [0, 0.1) is 0 Å². The largest absolute Gasteiger partial charge is 0.491 e. The van der Waals surface area contributed by atoms with Crippen LogP contribution in [0.5, 0.6) is 5.75 Å². The molecule has 0 radical (unpaired) electrons. The Morgan fingerprint density at radius 3 is 2.67 bits per heavy atom. The molecule has 0 aliphatic heterocycles. The van der Waals surface area contributed by atoms with Gasteiger partial charge in [0, 0.05) is 12.6 Å². The number of fused-ring (bicyclic) bond motifs is 1. The molecule has 1 aromatic heterocycles. The van der Waals surface area contributed by atoms with Crippen LogP contribution in [0.4, 0.5) is 0 Å². The molecule has 0 atom stereocenters. The van der Waals surface area contributed by atoms with E-state index in [1.807, 2.05) is 0 Å². The van der Waals surface area contributed by atoms with E-state index in [4.69, 9.17) is 9.15 Å².